The van der Waals surface area contributed by atoms with Crippen LogP contribution in [0.4, 0.5) is 0 Å². The summed E-state index contributed by atoms with van der Waals surface area (Å²) in [6.07, 6.45) is 5.59. The summed E-state index contributed by atoms with van der Waals surface area (Å²) in [4.78, 5) is 11.6. The highest BCUT2D eigenvalue weighted by atomic mass is 16.5. The predicted molar refractivity (Wildman–Crippen MR) is 60.7 cm³/mol. The van der Waals surface area contributed by atoms with Crippen molar-refractivity contribution in [1.82, 2.24) is 5.32 Å². The summed E-state index contributed by atoms with van der Waals surface area (Å²) in [5, 5.41) is 3.47. The molecule has 0 saturated carbocycles. The molecule has 0 radical (unpaired) electrons. The highest BCUT2D eigenvalue weighted by Gasteiger charge is 2.23. The van der Waals surface area contributed by atoms with Crippen molar-refractivity contribution in [2.75, 3.05) is 13.2 Å². The minimum Gasteiger partial charge on any atom is -0.466 e. The number of rotatable bonds is 5. The Morgan fingerprint density at radius 2 is 2.27 bits per heavy atom. The average Bonchev–Trinajstić information content (AvgIpc) is 2.27. The van der Waals surface area contributed by atoms with Gasteiger partial charge in [0.05, 0.1) is 12.5 Å². The molecule has 0 spiro atoms. The Balaban J connectivity index is 2.34. The number of hydrogen-bond donors (Lipinski definition) is 1. The molecular formula is C12H23NO2. The van der Waals surface area contributed by atoms with Gasteiger partial charge in [0.2, 0.25) is 0 Å². The monoisotopic (exact) mass is 213 g/mol. The Labute approximate surface area is 92.6 Å². The lowest BCUT2D eigenvalue weighted by Gasteiger charge is -2.26. The van der Waals surface area contributed by atoms with Gasteiger partial charge in [-0.25, -0.2) is 0 Å². The lowest BCUT2D eigenvalue weighted by Crippen LogP contribution is -2.37. The molecular weight excluding hydrogens is 190 g/mol. The molecule has 0 bridgehead atoms. The van der Waals surface area contributed by atoms with E-state index < -0.39 is 0 Å². The van der Waals surface area contributed by atoms with Gasteiger partial charge < -0.3 is 10.1 Å². The van der Waals surface area contributed by atoms with E-state index in [2.05, 4.69) is 12.2 Å². The fourth-order valence-electron chi connectivity index (χ4n) is 2.16. The van der Waals surface area contributed by atoms with Crippen LogP contribution in [0.15, 0.2) is 0 Å². The second-order valence-electron chi connectivity index (χ2n) is 4.24. The SMILES string of the molecule is CCOC(=O)C(CC)CC1CCCCN1. The van der Waals surface area contributed by atoms with Crippen molar-refractivity contribution in [3.05, 3.63) is 0 Å². The van der Waals surface area contributed by atoms with Crippen LogP contribution in [0.1, 0.15) is 46.0 Å². The van der Waals surface area contributed by atoms with E-state index in [0.717, 1.165) is 19.4 Å². The highest BCUT2D eigenvalue weighted by Crippen LogP contribution is 2.18. The maximum absolute atomic E-state index is 11.6. The lowest BCUT2D eigenvalue weighted by atomic mass is 9.92. The van der Waals surface area contributed by atoms with Gasteiger partial charge in [-0.15, -0.1) is 0 Å². The molecule has 0 aromatic rings. The van der Waals surface area contributed by atoms with Crippen LogP contribution in [-0.2, 0) is 9.53 Å². The zero-order chi connectivity index (χ0) is 11.1. The third kappa shape index (κ3) is 4.20. The molecule has 2 atom stereocenters. The Bertz CT molecular complexity index is 188. The zero-order valence-electron chi connectivity index (χ0n) is 9.92. The molecule has 2 unspecified atom stereocenters. The second kappa shape index (κ2) is 6.83. The predicted octanol–water partition coefficient (Wildman–Crippen LogP) is 2.11. The third-order valence-electron chi connectivity index (χ3n) is 3.09. The largest absolute Gasteiger partial charge is 0.466 e. The summed E-state index contributed by atoms with van der Waals surface area (Å²) in [6, 6.07) is 0.521. The van der Waals surface area contributed by atoms with Crippen molar-refractivity contribution in [3.63, 3.8) is 0 Å². The first kappa shape index (κ1) is 12.5. The number of carbonyl (C=O) groups excluding carboxylic acids is 1. The van der Waals surface area contributed by atoms with Gasteiger partial charge in [0.15, 0.2) is 0 Å². The number of esters is 1. The molecule has 15 heavy (non-hydrogen) atoms. The third-order valence-corrected chi connectivity index (χ3v) is 3.09. The van der Waals surface area contributed by atoms with Crippen LogP contribution < -0.4 is 5.32 Å². The van der Waals surface area contributed by atoms with Crippen molar-refractivity contribution >= 4 is 5.97 Å². The fraction of sp³-hybridized carbons (Fsp3) is 0.917. The van der Waals surface area contributed by atoms with Gasteiger partial charge in [-0.05, 0) is 39.2 Å². The summed E-state index contributed by atoms with van der Waals surface area (Å²) in [7, 11) is 0. The van der Waals surface area contributed by atoms with E-state index in [9.17, 15) is 4.79 Å². The van der Waals surface area contributed by atoms with Crippen LogP contribution in [0.2, 0.25) is 0 Å². The van der Waals surface area contributed by atoms with Crippen molar-refractivity contribution in [2.24, 2.45) is 5.92 Å². The number of nitrogens with one attached hydrogen (secondary N) is 1. The van der Waals surface area contributed by atoms with Crippen molar-refractivity contribution in [1.29, 1.82) is 0 Å². The molecule has 0 aliphatic carbocycles. The van der Waals surface area contributed by atoms with Crippen molar-refractivity contribution in [2.45, 2.75) is 52.0 Å². The molecule has 1 aliphatic heterocycles. The van der Waals surface area contributed by atoms with Gasteiger partial charge in [0, 0.05) is 6.04 Å². The number of ether oxygens (including phenoxy) is 1. The molecule has 1 fully saturated rings. The van der Waals surface area contributed by atoms with Crippen LogP contribution >= 0.6 is 0 Å². The summed E-state index contributed by atoms with van der Waals surface area (Å²) in [5.41, 5.74) is 0. The molecule has 3 heteroatoms. The van der Waals surface area contributed by atoms with Crippen LogP contribution in [0, 0.1) is 5.92 Å². The van der Waals surface area contributed by atoms with Gasteiger partial charge >= 0.3 is 5.97 Å². The maximum atomic E-state index is 11.6. The molecule has 1 heterocycles. The van der Waals surface area contributed by atoms with Crippen molar-refractivity contribution in [3.8, 4) is 0 Å². The Morgan fingerprint density at radius 1 is 1.47 bits per heavy atom. The van der Waals surface area contributed by atoms with E-state index in [-0.39, 0.29) is 11.9 Å². The maximum Gasteiger partial charge on any atom is 0.308 e. The quantitative estimate of drug-likeness (QED) is 0.711. The van der Waals surface area contributed by atoms with Crippen LogP contribution in [0.3, 0.4) is 0 Å². The van der Waals surface area contributed by atoms with Crippen LogP contribution in [0.5, 0.6) is 0 Å². The molecule has 1 aliphatic rings. The molecule has 0 aromatic carbocycles. The molecule has 3 nitrogen and oxygen atoms in total. The normalized spacial score (nSPS) is 23.5. The first-order valence-electron chi connectivity index (χ1n) is 6.18. The average molecular weight is 213 g/mol. The molecule has 0 amide bonds. The first-order valence-corrected chi connectivity index (χ1v) is 6.18. The number of piperidine rings is 1. The second-order valence-corrected chi connectivity index (χ2v) is 4.24. The van der Waals surface area contributed by atoms with E-state index in [0.29, 0.717) is 12.6 Å². The Hall–Kier alpha value is -0.570. The van der Waals surface area contributed by atoms with Gasteiger partial charge in [-0.2, -0.15) is 0 Å². The zero-order valence-corrected chi connectivity index (χ0v) is 9.92. The standard InChI is InChI=1S/C12H23NO2/c1-3-10(12(14)15-4-2)9-11-7-5-6-8-13-11/h10-11,13H,3-9H2,1-2H3. The van der Waals surface area contributed by atoms with E-state index in [1.165, 1.54) is 19.3 Å². The highest BCUT2D eigenvalue weighted by molar-refractivity contribution is 5.72. The molecule has 1 N–H and O–H groups in total. The summed E-state index contributed by atoms with van der Waals surface area (Å²) in [6.45, 7) is 5.52. The minimum atomic E-state index is -0.0210. The minimum absolute atomic E-state index is 0.0210. The number of carbonyl (C=O) groups is 1. The van der Waals surface area contributed by atoms with Gasteiger partial charge in [0.25, 0.3) is 0 Å². The number of hydrogen-bond acceptors (Lipinski definition) is 3. The molecule has 88 valence electrons. The summed E-state index contributed by atoms with van der Waals surface area (Å²) < 4.78 is 5.07. The van der Waals surface area contributed by atoms with Gasteiger partial charge in [-0.1, -0.05) is 13.3 Å². The molecule has 1 saturated heterocycles. The lowest BCUT2D eigenvalue weighted by molar-refractivity contribution is -0.148. The van der Waals surface area contributed by atoms with E-state index in [4.69, 9.17) is 4.74 Å². The molecule has 1 rings (SSSR count). The molecule has 0 aromatic heterocycles. The fourth-order valence-corrected chi connectivity index (χ4v) is 2.16. The Kier molecular flexibility index (Phi) is 5.69. The smallest absolute Gasteiger partial charge is 0.308 e. The van der Waals surface area contributed by atoms with E-state index >= 15 is 0 Å². The summed E-state index contributed by atoms with van der Waals surface area (Å²) in [5.74, 6) is 0.0629. The van der Waals surface area contributed by atoms with Crippen LogP contribution in [-0.4, -0.2) is 25.2 Å². The van der Waals surface area contributed by atoms with Crippen LogP contribution in [0.25, 0.3) is 0 Å². The van der Waals surface area contributed by atoms with E-state index in [1.807, 2.05) is 6.92 Å². The van der Waals surface area contributed by atoms with E-state index in [1.54, 1.807) is 0 Å². The Morgan fingerprint density at radius 3 is 2.80 bits per heavy atom. The summed E-state index contributed by atoms with van der Waals surface area (Å²) >= 11 is 0. The van der Waals surface area contributed by atoms with Crippen molar-refractivity contribution < 1.29 is 9.53 Å². The first-order chi connectivity index (χ1) is 7.27. The topological polar surface area (TPSA) is 38.3 Å². The van der Waals surface area contributed by atoms with Gasteiger partial charge in [-0.3, -0.25) is 4.79 Å². The van der Waals surface area contributed by atoms with Gasteiger partial charge in [0.1, 0.15) is 0 Å².